The van der Waals surface area contributed by atoms with Crippen LogP contribution in [0.5, 0.6) is 0 Å². The van der Waals surface area contributed by atoms with Gasteiger partial charge in [-0.2, -0.15) is 0 Å². The fraction of sp³-hybridized carbons (Fsp3) is 0.938. The molecule has 0 aromatic rings. The summed E-state index contributed by atoms with van der Waals surface area (Å²) in [7, 11) is 1.91. The van der Waals surface area contributed by atoms with Gasteiger partial charge in [0.25, 0.3) is 0 Å². The van der Waals surface area contributed by atoms with E-state index in [4.69, 9.17) is 0 Å². The molecule has 20 heavy (non-hydrogen) atoms. The van der Waals surface area contributed by atoms with Gasteiger partial charge < -0.3 is 15.1 Å². The Hall–Kier alpha value is -0.770. The van der Waals surface area contributed by atoms with Crippen molar-refractivity contribution in [2.24, 2.45) is 16.8 Å². The third-order valence-corrected chi connectivity index (χ3v) is 4.55. The summed E-state index contributed by atoms with van der Waals surface area (Å²) in [6.07, 6.45) is 5.42. The SMILES string of the molecule is CN=C(NCC(C)CN1CCCC1)N1CCCC(C)C1. The highest BCUT2D eigenvalue weighted by atomic mass is 15.3. The van der Waals surface area contributed by atoms with Crippen LogP contribution in [0.2, 0.25) is 0 Å². The second-order valence-corrected chi connectivity index (χ2v) is 6.73. The molecule has 0 saturated carbocycles. The molecule has 0 bridgehead atoms. The Balaban J connectivity index is 1.72. The molecule has 2 unspecified atom stereocenters. The number of hydrogen-bond donors (Lipinski definition) is 1. The molecule has 2 aliphatic rings. The zero-order valence-corrected chi connectivity index (χ0v) is 13.6. The molecular weight excluding hydrogens is 248 g/mol. The fourth-order valence-electron chi connectivity index (χ4n) is 3.45. The molecule has 0 amide bonds. The Morgan fingerprint density at radius 2 is 2.00 bits per heavy atom. The standard InChI is InChI=1S/C16H32N4/c1-14-7-6-10-20(13-14)16(17-3)18-11-15(2)12-19-8-4-5-9-19/h14-15H,4-13H2,1-3H3,(H,17,18). The van der Waals surface area contributed by atoms with Crippen LogP contribution in [0.15, 0.2) is 4.99 Å². The predicted octanol–water partition coefficient (Wildman–Crippen LogP) is 2.03. The van der Waals surface area contributed by atoms with Gasteiger partial charge in [0, 0.05) is 33.2 Å². The summed E-state index contributed by atoms with van der Waals surface area (Å²) in [5, 5.41) is 3.58. The summed E-state index contributed by atoms with van der Waals surface area (Å²) in [5.41, 5.74) is 0. The molecule has 0 aromatic carbocycles. The number of piperidine rings is 1. The quantitative estimate of drug-likeness (QED) is 0.631. The van der Waals surface area contributed by atoms with Crippen LogP contribution >= 0.6 is 0 Å². The van der Waals surface area contributed by atoms with Crippen LogP contribution in [-0.4, -0.2) is 62.1 Å². The highest BCUT2D eigenvalue weighted by Gasteiger charge is 2.20. The van der Waals surface area contributed by atoms with E-state index in [-0.39, 0.29) is 0 Å². The first-order valence-electron chi connectivity index (χ1n) is 8.37. The molecule has 1 N–H and O–H groups in total. The first-order valence-corrected chi connectivity index (χ1v) is 8.37. The van der Waals surface area contributed by atoms with E-state index in [2.05, 4.69) is 34.0 Å². The normalized spacial score (nSPS) is 26.9. The molecule has 0 aromatic heterocycles. The minimum absolute atomic E-state index is 0.687. The van der Waals surface area contributed by atoms with Crippen molar-refractivity contribution in [1.82, 2.24) is 15.1 Å². The summed E-state index contributed by atoms with van der Waals surface area (Å²) in [6.45, 7) is 11.8. The maximum atomic E-state index is 4.47. The summed E-state index contributed by atoms with van der Waals surface area (Å²) >= 11 is 0. The van der Waals surface area contributed by atoms with Gasteiger partial charge in [-0.15, -0.1) is 0 Å². The fourth-order valence-corrected chi connectivity index (χ4v) is 3.45. The van der Waals surface area contributed by atoms with Crippen molar-refractivity contribution in [2.45, 2.75) is 39.5 Å². The van der Waals surface area contributed by atoms with Crippen LogP contribution in [-0.2, 0) is 0 Å². The molecule has 0 aliphatic carbocycles. The van der Waals surface area contributed by atoms with E-state index >= 15 is 0 Å². The summed E-state index contributed by atoms with van der Waals surface area (Å²) in [5.74, 6) is 2.58. The molecule has 2 heterocycles. The Morgan fingerprint density at radius 3 is 2.65 bits per heavy atom. The number of hydrogen-bond acceptors (Lipinski definition) is 2. The summed E-state index contributed by atoms with van der Waals surface area (Å²) < 4.78 is 0. The van der Waals surface area contributed by atoms with E-state index in [1.54, 1.807) is 0 Å². The number of aliphatic imine (C=N–C) groups is 1. The lowest BCUT2D eigenvalue weighted by molar-refractivity contribution is 0.259. The maximum Gasteiger partial charge on any atom is 0.193 e. The second-order valence-electron chi connectivity index (χ2n) is 6.73. The van der Waals surface area contributed by atoms with Crippen LogP contribution < -0.4 is 5.32 Å². The minimum Gasteiger partial charge on any atom is -0.356 e. The Bertz CT molecular complexity index is 310. The minimum atomic E-state index is 0.687. The van der Waals surface area contributed by atoms with Crippen molar-refractivity contribution in [1.29, 1.82) is 0 Å². The molecule has 2 fully saturated rings. The van der Waals surface area contributed by atoms with Crippen molar-refractivity contribution in [3.05, 3.63) is 0 Å². The van der Waals surface area contributed by atoms with Crippen LogP contribution in [0, 0.1) is 11.8 Å². The highest BCUT2D eigenvalue weighted by Crippen LogP contribution is 2.15. The Kier molecular flexibility index (Phi) is 6.14. The van der Waals surface area contributed by atoms with Crippen molar-refractivity contribution >= 4 is 5.96 Å². The first-order chi connectivity index (χ1) is 9.69. The van der Waals surface area contributed by atoms with E-state index < -0.39 is 0 Å². The summed E-state index contributed by atoms with van der Waals surface area (Å²) in [4.78, 5) is 9.49. The number of likely N-dealkylation sites (tertiary alicyclic amines) is 2. The third-order valence-electron chi connectivity index (χ3n) is 4.55. The zero-order valence-electron chi connectivity index (χ0n) is 13.6. The van der Waals surface area contributed by atoms with Gasteiger partial charge in [0.1, 0.15) is 0 Å². The Labute approximate surface area is 124 Å². The lowest BCUT2D eigenvalue weighted by Crippen LogP contribution is -2.47. The average Bonchev–Trinajstić information content (AvgIpc) is 2.92. The summed E-state index contributed by atoms with van der Waals surface area (Å²) in [6, 6.07) is 0. The van der Waals surface area contributed by atoms with Crippen LogP contribution in [0.25, 0.3) is 0 Å². The van der Waals surface area contributed by atoms with Crippen LogP contribution in [0.3, 0.4) is 0 Å². The second kappa shape index (κ2) is 7.87. The number of rotatable bonds is 4. The maximum absolute atomic E-state index is 4.47. The van der Waals surface area contributed by atoms with E-state index in [1.165, 1.54) is 45.3 Å². The van der Waals surface area contributed by atoms with Gasteiger partial charge in [-0.3, -0.25) is 4.99 Å². The van der Waals surface area contributed by atoms with Crippen molar-refractivity contribution in [3.8, 4) is 0 Å². The molecule has 2 atom stereocenters. The van der Waals surface area contributed by atoms with Gasteiger partial charge in [-0.1, -0.05) is 13.8 Å². The molecule has 2 saturated heterocycles. The van der Waals surface area contributed by atoms with Crippen LogP contribution in [0.1, 0.15) is 39.5 Å². The lowest BCUT2D eigenvalue weighted by atomic mass is 10.0. The average molecular weight is 280 g/mol. The van der Waals surface area contributed by atoms with Gasteiger partial charge in [-0.05, 0) is 50.6 Å². The third kappa shape index (κ3) is 4.65. The molecule has 2 rings (SSSR count). The number of nitrogens with zero attached hydrogens (tertiary/aromatic N) is 3. The molecular formula is C16H32N4. The smallest absolute Gasteiger partial charge is 0.193 e. The molecule has 4 nitrogen and oxygen atoms in total. The van der Waals surface area contributed by atoms with Gasteiger partial charge in [0.2, 0.25) is 0 Å². The van der Waals surface area contributed by atoms with E-state index in [1.807, 2.05) is 7.05 Å². The molecule has 4 heteroatoms. The molecule has 0 radical (unpaired) electrons. The van der Waals surface area contributed by atoms with E-state index in [0.29, 0.717) is 5.92 Å². The van der Waals surface area contributed by atoms with Crippen molar-refractivity contribution < 1.29 is 0 Å². The lowest BCUT2D eigenvalue weighted by Gasteiger charge is -2.34. The van der Waals surface area contributed by atoms with Crippen molar-refractivity contribution in [2.75, 3.05) is 46.3 Å². The first kappa shape index (κ1) is 15.6. The monoisotopic (exact) mass is 280 g/mol. The van der Waals surface area contributed by atoms with Crippen molar-refractivity contribution in [3.63, 3.8) is 0 Å². The van der Waals surface area contributed by atoms with Gasteiger partial charge >= 0.3 is 0 Å². The predicted molar refractivity (Wildman–Crippen MR) is 86.2 cm³/mol. The van der Waals surface area contributed by atoms with E-state index in [0.717, 1.165) is 31.5 Å². The Morgan fingerprint density at radius 1 is 1.25 bits per heavy atom. The number of nitrogens with one attached hydrogen (secondary N) is 1. The largest absolute Gasteiger partial charge is 0.356 e. The van der Waals surface area contributed by atoms with Gasteiger partial charge in [0.05, 0.1) is 0 Å². The molecule has 2 aliphatic heterocycles. The number of guanidine groups is 1. The highest BCUT2D eigenvalue weighted by molar-refractivity contribution is 5.79. The molecule has 0 spiro atoms. The topological polar surface area (TPSA) is 30.9 Å². The zero-order chi connectivity index (χ0) is 14.4. The van der Waals surface area contributed by atoms with E-state index in [9.17, 15) is 0 Å². The van der Waals surface area contributed by atoms with Gasteiger partial charge in [0.15, 0.2) is 5.96 Å². The van der Waals surface area contributed by atoms with Gasteiger partial charge in [-0.25, -0.2) is 0 Å². The van der Waals surface area contributed by atoms with Crippen LogP contribution in [0.4, 0.5) is 0 Å². The molecule has 116 valence electrons.